The lowest BCUT2D eigenvalue weighted by Crippen LogP contribution is -2.45. The van der Waals surface area contributed by atoms with E-state index in [-0.39, 0.29) is 29.0 Å². The highest BCUT2D eigenvalue weighted by Gasteiger charge is 2.62. The second-order valence-electron chi connectivity index (χ2n) is 11.0. The molecule has 5 atom stereocenters. The van der Waals surface area contributed by atoms with Crippen LogP contribution in [0.3, 0.4) is 0 Å². The van der Waals surface area contributed by atoms with Crippen LogP contribution in [-0.2, 0) is 35.9 Å². The van der Waals surface area contributed by atoms with Gasteiger partial charge < -0.3 is 38.6 Å². The van der Waals surface area contributed by atoms with Gasteiger partial charge in [0.05, 0.1) is 11.1 Å². The van der Waals surface area contributed by atoms with Gasteiger partial charge in [-0.1, -0.05) is 26.2 Å². The van der Waals surface area contributed by atoms with Crippen molar-refractivity contribution < 1.29 is 42.5 Å². The minimum atomic E-state index is -2.22. The van der Waals surface area contributed by atoms with Crippen LogP contribution in [0.25, 0.3) is 5.52 Å². The summed E-state index contributed by atoms with van der Waals surface area (Å²) in [6.45, 7) is 4.62. The molecule has 0 aromatic carbocycles. The van der Waals surface area contributed by atoms with E-state index < -0.39 is 54.1 Å². The maximum Gasteiger partial charge on any atom is 0.519 e. The number of hydrogen-bond acceptors (Lipinski definition) is 14. The molecule has 1 aliphatic carbocycles. The summed E-state index contributed by atoms with van der Waals surface area (Å²) in [5.41, 5.74) is 3.21. The predicted molar refractivity (Wildman–Crippen MR) is 144 cm³/mol. The summed E-state index contributed by atoms with van der Waals surface area (Å²) in [5, 5.41) is 26.1. The standard InChI is InChI=1S/C28H33N5O10/c1-4-27(3,16-8-6-5-7-9-16)24(35)42-23-20(41-25(36)38-12-18-15(2)39-26(37)40-18)21(34)28(13-29,43-23)19-11-10-17-22(30)31-14-32-33(17)19/h10-11,14,16,20-21,23,34H,4-9,12H2,1-3H3,(H2,30,31,32)/t20-,21+,23-,27?,28-/m0/s1. The zero-order valence-corrected chi connectivity index (χ0v) is 24.0. The smallest absolute Gasteiger partial charge is 0.431 e. The Balaban J connectivity index is 1.46. The summed E-state index contributed by atoms with van der Waals surface area (Å²) in [4.78, 5) is 41.8. The van der Waals surface area contributed by atoms with Crippen LogP contribution < -0.4 is 11.6 Å². The van der Waals surface area contributed by atoms with Gasteiger partial charge in [-0.25, -0.2) is 19.1 Å². The molecule has 2 fully saturated rings. The molecule has 5 rings (SSSR count). The molecule has 3 aromatic rings. The molecule has 230 valence electrons. The molecule has 0 bridgehead atoms. The Labute approximate surface area is 245 Å². The largest absolute Gasteiger partial charge is 0.519 e. The Morgan fingerprint density at radius 2 is 2.00 bits per heavy atom. The Hall–Kier alpha value is -4.42. The first-order chi connectivity index (χ1) is 20.5. The van der Waals surface area contributed by atoms with Crippen molar-refractivity contribution in [3.8, 4) is 6.07 Å². The first-order valence-corrected chi connectivity index (χ1v) is 14.0. The monoisotopic (exact) mass is 599 g/mol. The van der Waals surface area contributed by atoms with Gasteiger partial charge >= 0.3 is 17.9 Å². The lowest BCUT2D eigenvalue weighted by Gasteiger charge is -2.38. The van der Waals surface area contributed by atoms with E-state index in [0.717, 1.165) is 38.4 Å². The molecular formula is C28H33N5O10. The summed E-state index contributed by atoms with van der Waals surface area (Å²) in [5.74, 6) is -1.39. The van der Waals surface area contributed by atoms with Crippen molar-refractivity contribution >= 4 is 23.5 Å². The maximum atomic E-state index is 13.7. The number of carbonyl (C=O) groups excluding carboxylic acids is 2. The third-order valence-corrected chi connectivity index (χ3v) is 8.65. The molecule has 3 aromatic heterocycles. The highest BCUT2D eigenvalue weighted by molar-refractivity contribution is 5.77. The zero-order chi connectivity index (χ0) is 30.9. The van der Waals surface area contributed by atoms with E-state index in [1.54, 1.807) is 0 Å². The fraction of sp³-hybridized carbons (Fsp3) is 0.571. The van der Waals surface area contributed by atoms with Gasteiger partial charge in [-0.2, -0.15) is 10.4 Å². The minimum Gasteiger partial charge on any atom is -0.431 e. The maximum absolute atomic E-state index is 13.7. The Bertz CT molecular complexity index is 1600. The number of ether oxygens (including phenoxy) is 4. The van der Waals surface area contributed by atoms with E-state index in [9.17, 15) is 24.8 Å². The number of aryl methyl sites for hydroxylation is 1. The lowest BCUT2D eigenvalue weighted by molar-refractivity contribution is -0.209. The second-order valence-corrected chi connectivity index (χ2v) is 11.0. The number of aliphatic hydroxyl groups is 1. The predicted octanol–water partition coefficient (Wildman–Crippen LogP) is 2.86. The third kappa shape index (κ3) is 5.32. The summed E-state index contributed by atoms with van der Waals surface area (Å²) in [6.07, 6.45) is -0.206. The van der Waals surface area contributed by atoms with Gasteiger partial charge in [0.2, 0.25) is 11.9 Å². The van der Waals surface area contributed by atoms with Crippen molar-refractivity contribution in [1.82, 2.24) is 14.6 Å². The summed E-state index contributed by atoms with van der Waals surface area (Å²) in [6, 6.07) is 4.93. The fourth-order valence-electron chi connectivity index (χ4n) is 5.86. The molecule has 1 aliphatic heterocycles. The van der Waals surface area contributed by atoms with Crippen molar-refractivity contribution in [2.45, 2.75) is 90.0 Å². The van der Waals surface area contributed by atoms with Crippen LogP contribution in [0.4, 0.5) is 10.6 Å². The number of carbonyl (C=O) groups is 2. The highest BCUT2D eigenvalue weighted by atomic mass is 16.8. The van der Waals surface area contributed by atoms with Crippen molar-refractivity contribution in [2.24, 2.45) is 11.3 Å². The number of nitrogens with zero attached hydrogens (tertiary/aromatic N) is 4. The normalized spacial score (nSPS) is 25.6. The molecule has 1 saturated carbocycles. The van der Waals surface area contributed by atoms with Gasteiger partial charge in [-0.15, -0.1) is 0 Å². The molecule has 15 nitrogen and oxygen atoms in total. The topological polar surface area (TPSA) is 215 Å². The third-order valence-electron chi connectivity index (χ3n) is 8.65. The molecule has 0 spiro atoms. The van der Waals surface area contributed by atoms with Crippen molar-refractivity contribution in [3.63, 3.8) is 0 Å². The van der Waals surface area contributed by atoms with Crippen LogP contribution in [0.5, 0.6) is 0 Å². The first-order valence-electron chi connectivity index (χ1n) is 14.0. The average Bonchev–Trinajstić information content (AvgIpc) is 3.66. The van der Waals surface area contributed by atoms with E-state index in [4.69, 9.17) is 33.5 Å². The van der Waals surface area contributed by atoms with Gasteiger partial charge in [-0.05, 0) is 51.2 Å². The van der Waals surface area contributed by atoms with Gasteiger partial charge in [0.15, 0.2) is 30.0 Å². The van der Waals surface area contributed by atoms with Crippen LogP contribution >= 0.6 is 0 Å². The number of nitrogen functional groups attached to an aromatic ring is 1. The van der Waals surface area contributed by atoms with Crippen molar-refractivity contribution in [3.05, 3.63) is 46.3 Å². The van der Waals surface area contributed by atoms with Gasteiger partial charge in [-0.3, -0.25) is 4.79 Å². The van der Waals surface area contributed by atoms with Gasteiger partial charge in [0.25, 0.3) is 0 Å². The molecule has 2 aliphatic rings. The zero-order valence-electron chi connectivity index (χ0n) is 24.0. The second kappa shape index (κ2) is 11.7. The number of rotatable bonds is 8. The van der Waals surface area contributed by atoms with Gasteiger partial charge in [0.1, 0.15) is 24.0 Å². The Morgan fingerprint density at radius 1 is 1.26 bits per heavy atom. The number of fused-ring (bicyclic) bond motifs is 1. The number of nitrogens with two attached hydrogens (primary N) is 1. The number of esters is 1. The molecular weight excluding hydrogens is 566 g/mol. The quantitative estimate of drug-likeness (QED) is 0.356. The molecule has 43 heavy (non-hydrogen) atoms. The Morgan fingerprint density at radius 3 is 2.65 bits per heavy atom. The molecule has 3 N–H and O–H groups in total. The fourth-order valence-corrected chi connectivity index (χ4v) is 5.86. The van der Waals surface area contributed by atoms with Crippen LogP contribution in [0.2, 0.25) is 0 Å². The molecule has 0 amide bonds. The first kappa shape index (κ1) is 30.1. The summed E-state index contributed by atoms with van der Waals surface area (Å²) in [7, 11) is 0. The van der Waals surface area contributed by atoms with Crippen LogP contribution in [0.15, 0.2) is 32.1 Å². The number of nitriles is 1. The molecule has 1 unspecified atom stereocenters. The van der Waals surface area contributed by atoms with E-state index in [0.29, 0.717) is 11.9 Å². The average molecular weight is 600 g/mol. The van der Waals surface area contributed by atoms with E-state index >= 15 is 0 Å². The Kier molecular flexibility index (Phi) is 8.17. The van der Waals surface area contributed by atoms with E-state index in [1.165, 1.54) is 23.6 Å². The van der Waals surface area contributed by atoms with Crippen LogP contribution in [0.1, 0.15) is 69.6 Å². The van der Waals surface area contributed by atoms with E-state index in [2.05, 4.69) is 10.1 Å². The van der Waals surface area contributed by atoms with Gasteiger partial charge in [0, 0.05) is 0 Å². The highest BCUT2D eigenvalue weighted by Crippen LogP contribution is 2.45. The molecule has 0 radical (unpaired) electrons. The van der Waals surface area contributed by atoms with Crippen LogP contribution in [-0.4, -0.2) is 50.3 Å². The summed E-state index contributed by atoms with van der Waals surface area (Å²) >= 11 is 0. The number of hydrogen-bond donors (Lipinski definition) is 2. The number of aliphatic hydroxyl groups excluding tert-OH is 1. The molecule has 4 heterocycles. The van der Waals surface area contributed by atoms with Crippen molar-refractivity contribution in [1.29, 1.82) is 5.26 Å². The molecule has 1 saturated heterocycles. The van der Waals surface area contributed by atoms with Crippen LogP contribution in [0, 0.1) is 29.6 Å². The SMILES string of the molecule is CCC(C)(C(=O)O[C@H]1O[C@@](C#N)(c2ccc3c(N)ncnn23)[C@H](O)[C@@H]1OC(=O)OCc1oc(=O)oc1C)C1CCCCC1. The molecule has 15 heteroatoms. The lowest BCUT2D eigenvalue weighted by atomic mass is 9.68. The van der Waals surface area contributed by atoms with E-state index in [1.807, 2.05) is 19.9 Å². The number of aromatic nitrogens is 3. The van der Waals surface area contributed by atoms with Crippen molar-refractivity contribution in [2.75, 3.05) is 5.73 Å². The summed E-state index contributed by atoms with van der Waals surface area (Å²) < 4.78 is 33.1. The number of anilines is 1. The minimum absolute atomic E-state index is 0.0356.